The van der Waals surface area contributed by atoms with Gasteiger partial charge in [-0.15, -0.1) is 11.3 Å². The highest BCUT2D eigenvalue weighted by Crippen LogP contribution is 2.28. The van der Waals surface area contributed by atoms with Gasteiger partial charge in [0.05, 0.1) is 12.3 Å². The Morgan fingerprint density at radius 3 is 3.05 bits per heavy atom. The zero-order chi connectivity index (χ0) is 14.4. The molecule has 1 fully saturated rings. The quantitative estimate of drug-likeness (QED) is 0.674. The second-order valence-corrected chi connectivity index (χ2v) is 6.51. The van der Waals surface area contributed by atoms with E-state index in [4.69, 9.17) is 9.72 Å². The molecule has 0 spiro atoms. The zero-order valence-corrected chi connectivity index (χ0v) is 13.7. The van der Waals surface area contributed by atoms with Crippen LogP contribution >= 0.6 is 11.3 Å². The van der Waals surface area contributed by atoms with Gasteiger partial charge in [-0.05, 0) is 38.6 Å². The Labute approximate surface area is 126 Å². The fraction of sp³-hybridized carbons (Fsp3) is 0.800. The number of rotatable bonds is 10. The van der Waals surface area contributed by atoms with Crippen molar-refractivity contribution in [2.24, 2.45) is 5.92 Å². The minimum atomic E-state index is 0.333. The van der Waals surface area contributed by atoms with Gasteiger partial charge in [0.2, 0.25) is 0 Å². The summed E-state index contributed by atoms with van der Waals surface area (Å²) >= 11 is 1.72. The van der Waals surface area contributed by atoms with Crippen LogP contribution in [0.2, 0.25) is 0 Å². The molecule has 1 unspecified atom stereocenters. The molecule has 0 radical (unpaired) electrons. The van der Waals surface area contributed by atoms with Crippen LogP contribution < -0.4 is 10.2 Å². The summed E-state index contributed by atoms with van der Waals surface area (Å²) in [5.41, 5.74) is 1.14. The molecule has 1 N–H and O–H groups in total. The lowest BCUT2D eigenvalue weighted by Gasteiger charge is -2.16. The molecule has 114 valence electrons. The minimum absolute atomic E-state index is 0.333. The highest BCUT2D eigenvalue weighted by atomic mass is 32.1. The van der Waals surface area contributed by atoms with Crippen molar-refractivity contribution < 1.29 is 4.74 Å². The topological polar surface area (TPSA) is 37.4 Å². The normalized spacial score (nSPS) is 16.4. The van der Waals surface area contributed by atoms with Gasteiger partial charge in [0.15, 0.2) is 5.13 Å². The third-order valence-electron chi connectivity index (χ3n) is 3.60. The summed E-state index contributed by atoms with van der Waals surface area (Å²) in [5.74, 6) is 0.845. The third kappa shape index (κ3) is 5.04. The third-order valence-corrected chi connectivity index (χ3v) is 4.58. The van der Waals surface area contributed by atoms with Gasteiger partial charge in [-0.2, -0.15) is 0 Å². The lowest BCUT2D eigenvalue weighted by atomic mass is 10.2. The van der Waals surface area contributed by atoms with Crippen LogP contribution in [-0.4, -0.2) is 38.3 Å². The molecule has 1 atom stereocenters. The summed E-state index contributed by atoms with van der Waals surface area (Å²) in [6.07, 6.45) is 3.86. The molecule has 0 aliphatic heterocycles. The molecule has 2 rings (SSSR count). The van der Waals surface area contributed by atoms with Crippen molar-refractivity contribution in [3.63, 3.8) is 0 Å². The van der Waals surface area contributed by atoms with Crippen molar-refractivity contribution in [2.45, 2.75) is 39.2 Å². The lowest BCUT2D eigenvalue weighted by Crippen LogP contribution is -2.23. The number of likely N-dealkylation sites (N-methyl/N-ethyl adjacent to an activating group) is 1. The Balaban J connectivity index is 1.71. The Morgan fingerprint density at radius 2 is 2.35 bits per heavy atom. The van der Waals surface area contributed by atoms with E-state index < -0.39 is 0 Å². The summed E-state index contributed by atoms with van der Waals surface area (Å²) in [4.78, 5) is 6.90. The highest BCUT2D eigenvalue weighted by molar-refractivity contribution is 7.13. The van der Waals surface area contributed by atoms with Crippen LogP contribution in [-0.2, 0) is 4.74 Å². The number of nitrogens with one attached hydrogen (secondary N) is 1. The number of nitrogens with zero attached hydrogens (tertiary/aromatic N) is 2. The van der Waals surface area contributed by atoms with Crippen LogP contribution in [0, 0.1) is 5.92 Å². The first-order chi connectivity index (χ1) is 9.70. The van der Waals surface area contributed by atoms with E-state index in [1.54, 1.807) is 11.3 Å². The maximum atomic E-state index is 5.68. The van der Waals surface area contributed by atoms with E-state index in [2.05, 4.69) is 36.5 Å². The number of anilines is 1. The first kappa shape index (κ1) is 15.7. The molecule has 1 aliphatic rings. The van der Waals surface area contributed by atoms with Crippen molar-refractivity contribution >= 4 is 16.5 Å². The van der Waals surface area contributed by atoms with Crippen molar-refractivity contribution in [1.29, 1.82) is 0 Å². The number of thiazole rings is 1. The highest BCUT2D eigenvalue weighted by Gasteiger charge is 2.21. The second kappa shape index (κ2) is 7.96. The molecule has 1 saturated carbocycles. The number of aromatic nitrogens is 1. The van der Waals surface area contributed by atoms with Gasteiger partial charge in [-0.1, -0.05) is 6.92 Å². The first-order valence-corrected chi connectivity index (χ1v) is 8.56. The molecule has 1 aromatic rings. The van der Waals surface area contributed by atoms with E-state index in [0.29, 0.717) is 6.04 Å². The molecule has 1 aromatic heterocycles. The second-order valence-electron chi connectivity index (χ2n) is 5.67. The Hall–Kier alpha value is -0.650. The number of hydrogen-bond acceptors (Lipinski definition) is 5. The smallest absolute Gasteiger partial charge is 0.185 e. The zero-order valence-electron chi connectivity index (χ0n) is 12.9. The molecule has 0 amide bonds. The average molecular weight is 297 g/mol. The Kier molecular flexibility index (Phi) is 6.26. The Morgan fingerprint density at radius 1 is 1.55 bits per heavy atom. The van der Waals surface area contributed by atoms with Crippen molar-refractivity contribution in [3.05, 3.63) is 11.1 Å². The van der Waals surface area contributed by atoms with E-state index in [1.807, 2.05) is 0 Å². The summed E-state index contributed by atoms with van der Waals surface area (Å²) < 4.78 is 5.68. The fourth-order valence-corrected chi connectivity index (χ4v) is 2.86. The van der Waals surface area contributed by atoms with Crippen LogP contribution in [0.3, 0.4) is 0 Å². The van der Waals surface area contributed by atoms with Gasteiger partial charge in [0.1, 0.15) is 0 Å². The van der Waals surface area contributed by atoms with E-state index in [0.717, 1.165) is 49.5 Å². The molecule has 5 heteroatoms. The van der Waals surface area contributed by atoms with Gasteiger partial charge >= 0.3 is 0 Å². The monoisotopic (exact) mass is 297 g/mol. The number of hydrogen-bond donors (Lipinski definition) is 1. The van der Waals surface area contributed by atoms with E-state index in [-0.39, 0.29) is 0 Å². The van der Waals surface area contributed by atoms with E-state index >= 15 is 0 Å². The van der Waals surface area contributed by atoms with Gasteiger partial charge in [-0.25, -0.2) is 4.98 Å². The van der Waals surface area contributed by atoms with E-state index in [9.17, 15) is 0 Å². The maximum Gasteiger partial charge on any atom is 0.185 e. The van der Waals surface area contributed by atoms with Crippen LogP contribution in [0.15, 0.2) is 5.38 Å². The van der Waals surface area contributed by atoms with Gasteiger partial charge in [0.25, 0.3) is 0 Å². The molecule has 0 bridgehead atoms. The molecular weight excluding hydrogens is 270 g/mol. The molecule has 0 saturated heterocycles. The summed E-state index contributed by atoms with van der Waals surface area (Å²) in [6, 6.07) is 0.333. The molecule has 20 heavy (non-hydrogen) atoms. The standard InChI is InChI=1S/C15H27N3OS/c1-4-7-16-12(2)14-11-20-15(17-14)18(3)8-9-19-10-13-5-6-13/h11-13,16H,4-10H2,1-3H3. The van der Waals surface area contributed by atoms with Crippen molar-refractivity contribution in [1.82, 2.24) is 10.3 Å². The maximum absolute atomic E-state index is 5.68. The largest absolute Gasteiger partial charge is 0.379 e. The predicted octanol–water partition coefficient (Wildman–Crippen LogP) is 3.07. The van der Waals surface area contributed by atoms with Gasteiger partial charge in [0, 0.05) is 31.6 Å². The number of ether oxygens (including phenoxy) is 1. The van der Waals surface area contributed by atoms with Crippen LogP contribution in [0.25, 0.3) is 0 Å². The summed E-state index contributed by atoms with van der Waals surface area (Å²) in [6.45, 7) is 8.05. The molecule has 4 nitrogen and oxygen atoms in total. The van der Waals surface area contributed by atoms with Crippen LogP contribution in [0.1, 0.15) is 44.8 Å². The van der Waals surface area contributed by atoms with Gasteiger partial charge in [-0.3, -0.25) is 0 Å². The van der Waals surface area contributed by atoms with Gasteiger partial charge < -0.3 is 15.0 Å². The average Bonchev–Trinajstić information content (AvgIpc) is 3.14. The Bertz CT molecular complexity index is 392. The van der Waals surface area contributed by atoms with Crippen LogP contribution in [0.5, 0.6) is 0 Å². The predicted molar refractivity (Wildman–Crippen MR) is 85.6 cm³/mol. The van der Waals surface area contributed by atoms with Crippen molar-refractivity contribution in [2.75, 3.05) is 38.3 Å². The van der Waals surface area contributed by atoms with Crippen LogP contribution in [0.4, 0.5) is 5.13 Å². The minimum Gasteiger partial charge on any atom is -0.379 e. The summed E-state index contributed by atoms with van der Waals surface area (Å²) in [7, 11) is 2.09. The molecule has 1 aliphatic carbocycles. The molecular formula is C15H27N3OS. The first-order valence-electron chi connectivity index (χ1n) is 7.68. The van der Waals surface area contributed by atoms with Crippen molar-refractivity contribution in [3.8, 4) is 0 Å². The van der Waals surface area contributed by atoms with E-state index in [1.165, 1.54) is 12.8 Å². The molecule has 0 aromatic carbocycles. The molecule has 1 heterocycles. The fourth-order valence-electron chi connectivity index (χ4n) is 1.95. The summed E-state index contributed by atoms with van der Waals surface area (Å²) in [5, 5.41) is 6.71. The lowest BCUT2D eigenvalue weighted by molar-refractivity contribution is 0.131. The SMILES string of the molecule is CCCNC(C)c1csc(N(C)CCOCC2CC2)n1.